The third-order valence-electron chi connectivity index (χ3n) is 3.65. The molecule has 1 aliphatic rings. The SMILES string of the molecule is CC1CCCN(c2ccc(N)c(C(=O)O)c2)CC1. The Bertz CT molecular complexity index is 445. The molecule has 0 aromatic heterocycles. The zero-order valence-corrected chi connectivity index (χ0v) is 10.7. The van der Waals surface area contributed by atoms with Gasteiger partial charge in [0.15, 0.2) is 0 Å². The van der Waals surface area contributed by atoms with Gasteiger partial charge in [0, 0.05) is 24.5 Å². The van der Waals surface area contributed by atoms with E-state index in [0.717, 1.165) is 37.5 Å². The van der Waals surface area contributed by atoms with E-state index in [2.05, 4.69) is 11.8 Å². The van der Waals surface area contributed by atoms with Gasteiger partial charge in [-0.3, -0.25) is 0 Å². The van der Waals surface area contributed by atoms with Crippen LogP contribution in [-0.2, 0) is 0 Å². The van der Waals surface area contributed by atoms with Crippen molar-refractivity contribution in [3.63, 3.8) is 0 Å². The van der Waals surface area contributed by atoms with Crippen LogP contribution in [0.4, 0.5) is 11.4 Å². The van der Waals surface area contributed by atoms with Crippen molar-refractivity contribution in [2.75, 3.05) is 23.7 Å². The molecule has 4 nitrogen and oxygen atoms in total. The molecule has 1 aromatic carbocycles. The van der Waals surface area contributed by atoms with Crippen LogP contribution in [0.2, 0.25) is 0 Å². The van der Waals surface area contributed by atoms with E-state index in [9.17, 15) is 4.79 Å². The zero-order chi connectivity index (χ0) is 13.1. The summed E-state index contributed by atoms with van der Waals surface area (Å²) in [4.78, 5) is 13.3. The zero-order valence-electron chi connectivity index (χ0n) is 10.7. The maximum absolute atomic E-state index is 11.1. The van der Waals surface area contributed by atoms with Crippen LogP contribution in [0.3, 0.4) is 0 Å². The van der Waals surface area contributed by atoms with E-state index in [1.165, 1.54) is 6.42 Å². The highest BCUT2D eigenvalue weighted by atomic mass is 16.4. The van der Waals surface area contributed by atoms with Gasteiger partial charge in [-0.15, -0.1) is 0 Å². The minimum atomic E-state index is -0.961. The van der Waals surface area contributed by atoms with Gasteiger partial charge in [0.05, 0.1) is 5.56 Å². The quantitative estimate of drug-likeness (QED) is 0.789. The molecule has 0 radical (unpaired) electrons. The van der Waals surface area contributed by atoms with Crippen LogP contribution in [0.1, 0.15) is 36.5 Å². The average Bonchev–Trinajstić information content (AvgIpc) is 2.54. The molecule has 0 amide bonds. The third-order valence-corrected chi connectivity index (χ3v) is 3.65. The van der Waals surface area contributed by atoms with E-state index in [4.69, 9.17) is 10.8 Å². The fraction of sp³-hybridized carbons (Fsp3) is 0.500. The number of carboxylic acid groups (broad SMARTS) is 1. The van der Waals surface area contributed by atoms with E-state index >= 15 is 0 Å². The van der Waals surface area contributed by atoms with Crippen LogP contribution < -0.4 is 10.6 Å². The largest absolute Gasteiger partial charge is 0.478 e. The van der Waals surface area contributed by atoms with Gasteiger partial charge in [0.1, 0.15) is 0 Å². The summed E-state index contributed by atoms with van der Waals surface area (Å²) in [6.07, 6.45) is 3.57. The number of nitrogens with two attached hydrogens (primary N) is 1. The molecule has 0 saturated carbocycles. The number of carbonyl (C=O) groups is 1. The van der Waals surface area contributed by atoms with Crippen molar-refractivity contribution >= 4 is 17.3 Å². The topological polar surface area (TPSA) is 66.6 Å². The lowest BCUT2D eigenvalue weighted by molar-refractivity contribution is 0.0698. The second kappa shape index (κ2) is 5.29. The molecule has 98 valence electrons. The average molecular weight is 248 g/mol. The molecule has 1 unspecified atom stereocenters. The number of aromatic carboxylic acids is 1. The highest BCUT2D eigenvalue weighted by molar-refractivity contribution is 5.94. The fourth-order valence-corrected chi connectivity index (χ4v) is 2.45. The summed E-state index contributed by atoms with van der Waals surface area (Å²) in [7, 11) is 0. The maximum atomic E-state index is 11.1. The van der Waals surface area contributed by atoms with Crippen LogP contribution >= 0.6 is 0 Å². The van der Waals surface area contributed by atoms with Crippen molar-refractivity contribution in [3.05, 3.63) is 23.8 Å². The molecular formula is C14H20N2O2. The fourth-order valence-electron chi connectivity index (χ4n) is 2.45. The molecule has 0 bridgehead atoms. The third kappa shape index (κ3) is 2.75. The van der Waals surface area contributed by atoms with E-state index < -0.39 is 5.97 Å². The number of rotatable bonds is 2. The second-order valence-corrected chi connectivity index (χ2v) is 5.10. The number of anilines is 2. The smallest absolute Gasteiger partial charge is 0.337 e. The van der Waals surface area contributed by atoms with Gasteiger partial charge >= 0.3 is 5.97 Å². The number of benzene rings is 1. The lowest BCUT2D eigenvalue weighted by Crippen LogP contribution is -2.24. The van der Waals surface area contributed by atoms with E-state index in [0.29, 0.717) is 5.69 Å². The van der Waals surface area contributed by atoms with Gasteiger partial charge in [-0.05, 0) is 43.4 Å². The lowest BCUT2D eigenvalue weighted by atomic mass is 10.0. The molecule has 1 aliphatic heterocycles. The predicted molar refractivity (Wildman–Crippen MR) is 73.0 cm³/mol. The maximum Gasteiger partial charge on any atom is 0.337 e. The van der Waals surface area contributed by atoms with E-state index in [1.807, 2.05) is 6.07 Å². The molecule has 1 saturated heterocycles. The summed E-state index contributed by atoms with van der Waals surface area (Å²) in [5, 5.41) is 9.09. The summed E-state index contributed by atoms with van der Waals surface area (Å²) in [5.41, 5.74) is 7.17. The summed E-state index contributed by atoms with van der Waals surface area (Å²) >= 11 is 0. The minimum Gasteiger partial charge on any atom is -0.478 e. The molecule has 0 spiro atoms. The molecule has 1 fully saturated rings. The Labute approximate surface area is 107 Å². The standard InChI is InChI=1S/C14H20N2O2/c1-10-3-2-7-16(8-6-10)11-4-5-13(15)12(9-11)14(17)18/h4-5,9-10H,2-3,6-8,15H2,1H3,(H,17,18). The summed E-state index contributed by atoms with van der Waals surface area (Å²) < 4.78 is 0. The van der Waals surface area contributed by atoms with Crippen LogP contribution in [0.15, 0.2) is 18.2 Å². The first-order chi connectivity index (χ1) is 8.58. The first kappa shape index (κ1) is 12.7. The Morgan fingerprint density at radius 3 is 2.89 bits per heavy atom. The van der Waals surface area contributed by atoms with Gasteiger partial charge in [-0.2, -0.15) is 0 Å². The summed E-state index contributed by atoms with van der Waals surface area (Å²) in [6.45, 7) is 4.26. The Hall–Kier alpha value is -1.71. The first-order valence-corrected chi connectivity index (χ1v) is 6.45. The molecule has 1 atom stereocenters. The van der Waals surface area contributed by atoms with Crippen LogP contribution in [0.5, 0.6) is 0 Å². The number of hydrogen-bond acceptors (Lipinski definition) is 3. The molecule has 4 heteroatoms. The van der Waals surface area contributed by atoms with Crippen LogP contribution in [-0.4, -0.2) is 24.2 Å². The van der Waals surface area contributed by atoms with E-state index in [-0.39, 0.29) is 5.56 Å². The summed E-state index contributed by atoms with van der Waals surface area (Å²) in [6, 6.07) is 5.29. The highest BCUT2D eigenvalue weighted by Crippen LogP contribution is 2.25. The normalized spacial score (nSPS) is 20.5. The molecule has 1 heterocycles. The molecule has 0 aliphatic carbocycles. The monoisotopic (exact) mass is 248 g/mol. The number of carboxylic acids is 1. The number of nitrogen functional groups attached to an aromatic ring is 1. The Morgan fingerprint density at radius 1 is 1.39 bits per heavy atom. The highest BCUT2D eigenvalue weighted by Gasteiger charge is 2.16. The van der Waals surface area contributed by atoms with Crippen LogP contribution in [0, 0.1) is 5.92 Å². The molecule has 2 rings (SSSR count). The van der Waals surface area contributed by atoms with Gasteiger partial charge < -0.3 is 15.7 Å². The lowest BCUT2D eigenvalue weighted by Gasteiger charge is -2.23. The van der Waals surface area contributed by atoms with Gasteiger partial charge in [-0.25, -0.2) is 4.79 Å². The first-order valence-electron chi connectivity index (χ1n) is 6.45. The Morgan fingerprint density at radius 2 is 2.17 bits per heavy atom. The summed E-state index contributed by atoms with van der Waals surface area (Å²) in [5.74, 6) is -0.208. The molecule has 3 N–H and O–H groups in total. The minimum absolute atomic E-state index is 0.199. The van der Waals surface area contributed by atoms with Crippen molar-refractivity contribution in [1.29, 1.82) is 0 Å². The van der Waals surface area contributed by atoms with Gasteiger partial charge in [0.25, 0.3) is 0 Å². The predicted octanol–water partition coefficient (Wildman–Crippen LogP) is 2.59. The van der Waals surface area contributed by atoms with Crippen LogP contribution in [0.25, 0.3) is 0 Å². The van der Waals surface area contributed by atoms with Crippen molar-refractivity contribution in [1.82, 2.24) is 0 Å². The molecule has 1 aromatic rings. The van der Waals surface area contributed by atoms with Gasteiger partial charge in [0.2, 0.25) is 0 Å². The van der Waals surface area contributed by atoms with Crippen molar-refractivity contribution < 1.29 is 9.90 Å². The molecular weight excluding hydrogens is 228 g/mol. The number of hydrogen-bond donors (Lipinski definition) is 2. The second-order valence-electron chi connectivity index (χ2n) is 5.10. The van der Waals surface area contributed by atoms with E-state index in [1.54, 1.807) is 12.1 Å². The van der Waals surface area contributed by atoms with Crippen molar-refractivity contribution in [3.8, 4) is 0 Å². The number of nitrogens with zero attached hydrogens (tertiary/aromatic N) is 1. The van der Waals surface area contributed by atoms with Gasteiger partial charge in [-0.1, -0.05) is 6.92 Å². The Kier molecular flexibility index (Phi) is 3.75. The Balaban J connectivity index is 2.22. The van der Waals surface area contributed by atoms with Crippen molar-refractivity contribution in [2.45, 2.75) is 26.2 Å². The molecule has 18 heavy (non-hydrogen) atoms. The van der Waals surface area contributed by atoms with Crippen molar-refractivity contribution in [2.24, 2.45) is 5.92 Å².